The molecule has 3 fully saturated rings. The third-order valence-electron chi connectivity index (χ3n) is 7.26. The van der Waals surface area contributed by atoms with Gasteiger partial charge in [-0.25, -0.2) is 13.6 Å². The van der Waals surface area contributed by atoms with Gasteiger partial charge in [0.15, 0.2) is 5.60 Å². The van der Waals surface area contributed by atoms with Crippen molar-refractivity contribution in [1.82, 2.24) is 9.97 Å². The Balaban J connectivity index is 1.41. The average Bonchev–Trinajstić information content (AvgIpc) is 3.57. The van der Waals surface area contributed by atoms with Crippen LogP contribution in [0.1, 0.15) is 50.4 Å². The van der Waals surface area contributed by atoms with Crippen LogP contribution >= 0.6 is 0 Å². The lowest BCUT2D eigenvalue weighted by Crippen LogP contribution is -2.57. The molecular formula is C25H26F2N2O3. The summed E-state index contributed by atoms with van der Waals surface area (Å²) in [6.45, 7) is 3.11. The van der Waals surface area contributed by atoms with Gasteiger partial charge in [-0.15, -0.1) is 0 Å². The summed E-state index contributed by atoms with van der Waals surface area (Å²) < 4.78 is 34.5. The number of cyclic esters (lactones) is 1. The first kappa shape index (κ1) is 21.2. The van der Waals surface area contributed by atoms with Gasteiger partial charge < -0.3 is 9.84 Å². The summed E-state index contributed by atoms with van der Waals surface area (Å²) in [7, 11) is 0. The number of carbonyl (C=O) groups is 1. The largest absolute Gasteiger partial charge is 0.460 e. The maximum atomic E-state index is 14.7. The van der Waals surface area contributed by atoms with Gasteiger partial charge in [-0.1, -0.05) is 25.1 Å². The van der Waals surface area contributed by atoms with Gasteiger partial charge in [-0.2, -0.15) is 0 Å². The molecule has 2 aromatic heterocycles. The van der Waals surface area contributed by atoms with Gasteiger partial charge in [0, 0.05) is 41.3 Å². The molecule has 1 aliphatic heterocycles. The van der Waals surface area contributed by atoms with E-state index in [9.17, 15) is 18.7 Å². The van der Waals surface area contributed by atoms with Crippen LogP contribution in [0, 0.1) is 17.8 Å². The monoisotopic (exact) mass is 440 g/mol. The Kier molecular flexibility index (Phi) is 4.93. The number of allylic oxidation sites excluding steroid dienone is 1. The molecule has 0 spiro atoms. The van der Waals surface area contributed by atoms with E-state index >= 15 is 0 Å². The van der Waals surface area contributed by atoms with Gasteiger partial charge in [0.05, 0.1) is 17.8 Å². The second-order valence-corrected chi connectivity index (χ2v) is 9.41. The molecule has 0 bridgehead atoms. The Morgan fingerprint density at radius 3 is 2.66 bits per heavy atom. The smallest absolute Gasteiger partial charge is 0.339 e. The summed E-state index contributed by atoms with van der Waals surface area (Å²) in [5.41, 5.74) is 1.58. The zero-order chi connectivity index (χ0) is 22.7. The Morgan fingerprint density at radius 2 is 1.97 bits per heavy atom. The van der Waals surface area contributed by atoms with Crippen molar-refractivity contribution in [3.05, 3.63) is 54.1 Å². The van der Waals surface area contributed by atoms with E-state index in [-0.39, 0.29) is 0 Å². The van der Waals surface area contributed by atoms with Gasteiger partial charge in [0.2, 0.25) is 0 Å². The van der Waals surface area contributed by atoms with Gasteiger partial charge in [-0.3, -0.25) is 9.97 Å². The zero-order valence-electron chi connectivity index (χ0n) is 18.0. The highest BCUT2D eigenvalue weighted by Gasteiger charge is 2.67. The topological polar surface area (TPSA) is 72.3 Å². The van der Waals surface area contributed by atoms with E-state index in [0.717, 1.165) is 29.7 Å². The first-order valence-corrected chi connectivity index (χ1v) is 11.1. The molecule has 168 valence electrons. The first-order valence-electron chi connectivity index (χ1n) is 11.1. The lowest BCUT2D eigenvalue weighted by atomic mass is 9.62. The van der Waals surface area contributed by atoms with Crippen molar-refractivity contribution < 1.29 is 23.4 Å². The Hall–Kier alpha value is -2.67. The molecule has 0 unspecified atom stereocenters. The van der Waals surface area contributed by atoms with E-state index in [4.69, 9.17) is 4.74 Å². The van der Waals surface area contributed by atoms with Crippen molar-refractivity contribution >= 4 is 12.0 Å². The highest BCUT2D eigenvalue weighted by molar-refractivity contribution is 5.83. The third kappa shape index (κ3) is 3.43. The SMILES string of the molecule is C[C@H]1OC(=O)[C@]2(O)CC(F)(F)[C@@H](C)[C@H](C=Cc3ccc(-c4cccnc4C4CC4)cn3)[C@H]12. The summed E-state index contributed by atoms with van der Waals surface area (Å²) >= 11 is 0. The standard InChI is InChI=1S/C25H26F2N2O3/c1-14-19(21-15(2)32-23(30)24(21,31)13-25(14,26)27)10-9-18-8-7-17(12-29-18)20-4-3-11-28-22(20)16-5-6-16/h3-4,7-12,14-16,19,21,31H,5-6,13H2,1-2H3/t14-,15+,19-,21-,24-/m0/s1. The molecule has 2 aromatic rings. The van der Waals surface area contributed by atoms with Crippen molar-refractivity contribution in [2.24, 2.45) is 17.8 Å². The number of carbonyl (C=O) groups excluding carboxylic acids is 1. The number of pyridine rings is 2. The maximum Gasteiger partial charge on any atom is 0.339 e. The van der Waals surface area contributed by atoms with Gasteiger partial charge >= 0.3 is 5.97 Å². The summed E-state index contributed by atoms with van der Waals surface area (Å²) in [6, 6.07) is 7.74. The molecule has 0 aromatic carbocycles. The summed E-state index contributed by atoms with van der Waals surface area (Å²) in [4.78, 5) is 21.2. The highest BCUT2D eigenvalue weighted by Crippen LogP contribution is 2.54. The minimum atomic E-state index is -3.18. The van der Waals surface area contributed by atoms with E-state index in [2.05, 4.69) is 9.97 Å². The second-order valence-electron chi connectivity index (χ2n) is 9.41. The van der Waals surface area contributed by atoms with E-state index < -0.39 is 47.8 Å². The Morgan fingerprint density at radius 1 is 1.19 bits per heavy atom. The van der Waals surface area contributed by atoms with Crippen LogP contribution in [0.5, 0.6) is 0 Å². The molecule has 5 nitrogen and oxygen atoms in total. The molecule has 32 heavy (non-hydrogen) atoms. The van der Waals surface area contributed by atoms with Gasteiger partial charge in [0.1, 0.15) is 6.10 Å². The molecule has 2 saturated carbocycles. The molecule has 3 heterocycles. The molecule has 7 heteroatoms. The number of hydrogen-bond acceptors (Lipinski definition) is 5. The van der Waals surface area contributed by atoms with Crippen LogP contribution in [0.25, 0.3) is 17.2 Å². The molecule has 2 aliphatic carbocycles. The number of rotatable bonds is 4. The van der Waals surface area contributed by atoms with Crippen LogP contribution in [-0.4, -0.2) is 38.7 Å². The molecule has 5 rings (SSSR count). The molecule has 0 radical (unpaired) electrons. The molecule has 5 atom stereocenters. The number of halogens is 2. The van der Waals surface area contributed by atoms with Crippen molar-refractivity contribution in [1.29, 1.82) is 0 Å². The zero-order valence-corrected chi connectivity index (χ0v) is 18.0. The number of aromatic nitrogens is 2. The normalized spacial score (nSPS) is 33.8. The van der Waals surface area contributed by atoms with Crippen molar-refractivity contribution in [2.75, 3.05) is 0 Å². The van der Waals surface area contributed by atoms with Crippen LogP contribution in [-0.2, 0) is 9.53 Å². The molecule has 1 saturated heterocycles. The van der Waals surface area contributed by atoms with Gasteiger partial charge in [-0.05, 0) is 43.9 Å². The first-order chi connectivity index (χ1) is 15.2. The van der Waals surface area contributed by atoms with Gasteiger partial charge in [0.25, 0.3) is 5.92 Å². The van der Waals surface area contributed by atoms with Crippen LogP contribution in [0.4, 0.5) is 8.78 Å². The van der Waals surface area contributed by atoms with Crippen molar-refractivity contribution in [3.8, 4) is 11.1 Å². The number of fused-ring (bicyclic) bond motifs is 1. The number of alkyl halides is 2. The number of ether oxygens (including phenoxy) is 1. The second kappa shape index (κ2) is 7.44. The van der Waals surface area contributed by atoms with Crippen molar-refractivity contribution in [3.63, 3.8) is 0 Å². The number of hydrogen-bond donors (Lipinski definition) is 1. The van der Waals surface area contributed by atoms with Crippen LogP contribution in [0.3, 0.4) is 0 Å². The molecule has 1 N–H and O–H groups in total. The fraction of sp³-hybridized carbons (Fsp3) is 0.480. The summed E-state index contributed by atoms with van der Waals surface area (Å²) in [6.07, 6.45) is 7.68. The van der Waals surface area contributed by atoms with Crippen LogP contribution in [0.15, 0.2) is 42.7 Å². The minimum Gasteiger partial charge on any atom is -0.460 e. The number of aliphatic hydroxyl groups is 1. The Labute approximate surface area is 185 Å². The van der Waals surface area contributed by atoms with E-state index in [0.29, 0.717) is 11.6 Å². The predicted molar refractivity (Wildman–Crippen MR) is 115 cm³/mol. The summed E-state index contributed by atoms with van der Waals surface area (Å²) in [5, 5.41) is 10.8. The average molecular weight is 440 g/mol. The Bertz CT molecular complexity index is 1070. The number of nitrogens with zero attached hydrogens (tertiary/aromatic N) is 2. The third-order valence-corrected chi connectivity index (χ3v) is 7.26. The molecule has 3 aliphatic rings. The lowest BCUT2D eigenvalue weighted by Gasteiger charge is -2.45. The summed E-state index contributed by atoms with van der Waals surface area (Å²) in [5.74, 6) is -6.12. The molecular weight excluding hydrogens is 414 g/mol. The fourth-order valence-corrected chi connectivity index (χ4v) is 5.31. The predicted octanol–water partition coefficient (Wildman–Crippen LogP) is 4.62. The van der Waals surface area contributed by atoms with Crippen LogP contribution < -0.4 is 0 Å². The lowest BCUT2D eigenvalue weighted by molar-refractivity contribution is -0.193. The molecule has 0 amide bonds. The van der Waals surface area contributed by atoms with E-state index in [1.54, 1.807) is 25.3 Å². The van der Waals surface area contributed by atoms with E-state index in [1.807, 2.05) is 30.5 Å². The van der Waals surface area contributed by atoms with Crippen molar-refractivity contribution in [2.45, 2.75) is 56.7 Å². The highest BCUT2D eigenvalue weighted by atomic mass is 19.3. The minimum absolute atomic E-state index is 0.511. The fourth-order valence-electron chi connectivity index (χ4n) is 5.31. The maximum absolute atomic E-state index is 14.7. The quantitative estimate of drug-likeness (QED) is 0.703. The number of esters is 1. The van der Waals surface area contributed by atoms with E-state index in [1.165, 1.54) is 6.92 Å². The van der Waals surface area contributed by atoms with Crippen LogP contribution in [0.2, 0.25) is 0 Å².